The first kappa shape index (κ1) is 16.4. The van der Waals surface area contributed by atoms with Gasteiger partial charge in [-0.05, 0) is 49.8 Å². The summed E-state index contributed by atoms with van der Waals surface area (Å²) in [6, 6.07) is 3.80. The number of rotatable bonds is 5. The molecule has 0 bridgehead atoms. The Labute approximate surface area is 125 Å². The fourth-order valence-electron chi connectivity index (χ4n) is 3.51. The first-order chi connectivity index (χ1) is 9.97. The molecule has 1 fully saturated rings. The zero-order valence-corrected chi connectivity index (χ0v) is 12.9. The highest BCUT2D eigenvalue weighted by molar-refractivity contribution is 5.20. The van der Waals surface area contributed by atoms with Gasteiger partial charge in [-0.1, -0.05) is 25.8 Å². The van der Waals surface area contributed by atoms with Gasteiger partial charge in [-0.25, -0.2) is 8.78 Å². The van der Waals surface area contributed by atoms with Crippen LogP contribution in [0.4, 0.5) is 8.78 Å². The Balaban J connectivity index is 2.14. The maximum atomic E-state index is 13.3. The number of nitrogens with two attached hydrogens (primary N) is 1. The Morgan fingerprint density at radius 3 is 2.76 bits per heavy atom. The Morgan fingerprint density at radius 2 is 2.14 bits per heavy atom. The van der Waals surface area contributed by atoms with Crippen LogP contribution in [0.5, 0.6) is 0 Å². The Kier molecular flexibility index (Phi) is 5.33. The van der Waals surface area contributed by atoms with E-state index in [0.717, 1.165) is 30.9 Å². The summed E-state index contributed by atoms with van der Waals surface area (Å²) in [7, 11) is 0. The van der Waals surface area contributed by atoms with Crippen LogP contribution in [0.15, 0.2) is 18.2 Å². The van der Waals surface area contributed by atoms with Crippen molar-refractivity contribution < 1.29 is 13.5 Å². The van der Waals surface area contributed by atoms with Gasteiger partial charge in [0.25, 0.3) is 0 Å². The van der Waals surface area contributed by atoms with Crippen LogP contribution in [-0.4, -0.2) is 18.2 Å². The lowest BCUT2D eigenvalue weighted by molar-refractivity contribution is -0.0925. The Bertz CT molecular complexity index is 476. The van der Waals surface area contributed by atoms with E-state index in [4.69, 9.17) is 10.5 Å². The summed E-state index contributed by atoms with van der Waals surface area (Å²) in [5, 5.41) is 0. The van der Waals surface area contributed by atoms with Crippen molar-refractivity contribution in [1.82, 2.24) is 0 Å². The minimum Gasteiger partial charge on any atom is -0.374 e. The topological polar surface area (TPSA) is 35.2 Å². The van der Waals surface area contributed by atoms with E-state index in [1.807, 2.05) is 6.92 Å². The van der Waals surface area contributed by atoms with Crippen LogP contribution in [0, 0.1) is 17.6 Å². The summed E-state index contributed by atoms with van der Waals surface area (Å²) in [5.41, 5.74) is 6.80. The zero-order chi connectivity index (χ0) is 15.5. The highest BCUT2D eigenvalue weighted by Gasteiger charge is 2.40. The van der Waals surface area contributed by atoms with Gasteiger partial charge in [-0.15, -0.1) is 0 Å². The third kappa shape index (κ3) is 3.80. The van der Waals surface area contributed by atoms with Gasteiger partial charge in [-0.3, -0.25) is 0 Å². The standard InChI is InChI=1S/C17H25F2NO/c1-3-21-17(8-4-5-12(2)11-17)16(20)10-13-6-7-14(18)15(19)9-13/h6-7,9,12,16H,3-5,8,10-11,20H2,1-2H3. The van der Waals surface area contributed by atoms with Gasteiger partial charge in [0.15, 0.2) is 11.6 Å². The number of halogens is 2. The van der Waals surface area contributed by atoms with Gasteiger partial charge in [0, 0.05) is 12.6 Å². The molecule has 1 aromatic rings. The molecule has 3 unspecified atom stereocenters. The number of benzene rings is 1. The second-order valence-corrected chi connectivity index (χ2v) is 6.26. The molecule has 1 aromatic carbocycles. The largest absolute Gasteiger partial charge is 0.374 e. The van der Waals surface area contributed by atoms with Gasteiger partial charge in [-0.2, -0.15) is 0 Å². The van der Waals surface area contributed by atoms with E-state index in [1.54, 1.807) is 6.07 Å². The second kappa shape index (κ2) is 6.84. The van der Waals surface area contributed by atoms with Crippen molar-refractivity contribution in [3.8, 4) is 0 Å². The lowest BCUT2D eigenvalue weighted by atomic mass is 9.73. The fraction of sp³-hybridized carbons (Fsp3) is 0.647. The first-order valence-electron chi connectivity index (χ1n) is 7.80. The quantitative estimate of drug-likeness (QED) is 0.896. The number of hydrogen-bond donors (Lipinski definition) is 1. The molecule has 0 aromatic heterocycles. The van der Waals surface area contributed by atoms with Gasteiger partial charge in [0.2, 0.25) is 0 Å². The molecular weight excluding hydrogens is 272 g/mol. The molecular formula is C17H25F2NO. The van der Waals surface area contributed by atoms with E-state index in [-0.39, 0.29) is 11.6 Å². The highest BCUT2D eigenvalue weighted by Crippen LogP contribution is 2.38. The number of hydrogen-bond acceptors (Lipinski definition) is 2. The van der Waals surface area contributed by atoms with Crippen molar-refractivity contribution in [1.29, 1.82) is 0 Å². The smallest absolute Gasteiger partial charge is 0.159 e. The van der Waals surface area contributed by atoms with Crippen LogP contribution in [0.2, 0.25) is 0 Å². The highest BCUT2D eigenvalue weighted by atomic mass is 19.2. The average Bonchev–Trinajstić information content (AvgIpc) is 2.43. The Hall–Kier alpha value is -1.00. The second-order valence-electron chi connectivity index (χ2n) is 6.26. The lowest BCUT2D eigenvalue weighted by Crippen LogP contribution is -2.53. The summed E-state index contributed by atoms with van der Waals surface area (Å²) < 4.78 is 32.4. The summed E-state index contributed by atoms with van der Waals surface area (Å²) in [5.74, 6) is -1.05. The summed E-state index contributed by atoms with van der Waals surface area (Å²) in [6.45, 7) is 4.82. The monoisotopic (exact) mass is 297 g/mol. The Morgan fingerprint density at radius 1 is 1.38 bits per heavy atom. The van der Waals surface area contributed by atoms with Gasteiger partial charge in [0.05, 0.1) is 5.60 Å². The van der Waals surface area contributed by atoms with Crippen LogP contribution >= 0.6 is 0 Å². The molecule has 4 heteroatoms. The lowest BCUT2D eigenvalue weighted by Gasteiger charge is -2.44. The molecule has 2 rings (SSSR count). The molecule has 3 atom stereocenters. The number of ether oxygens (including phenoxy) is 1. The minimum absolute atomic E-state index is 0.204. The molecule has 2 nitrogen and oxygen atoms in total. The fourth-order valence-corrected chi connectivity index (χ4v) is 3.51. The molecule has 1 saturated carbocycles. The van der Waals surface area contributed by atoms with Crippen molar-refractivity contribution in [2.24, 2.45) is 11.7 Å². The van der Waals surface area contributed by atoms with Gasteiger partial charge < -0.3 is 10.5 Å². The zero-order valence-electron chi connectivity index (χ0n) is 12.9. The summed E-state index contributed by atoms with van der Waals surface area (Å²) in [4.78, 5) is 0. The average molecular weight is 297 g/mol. The van der Waals surface area contributed by atoms with Crippen molar-refractivity contribution in [2.75, 3.05) is 6.61 Å². The summed E-state index contributed by atoms with van der Waals surface area (Å²) >= 11 is 0. The van der Waals surface area contributed by atoms with Crippen LogP contribution in [0.25, 0.3) is 0 Å². The SMILES string of the molecule is CCOC1(C(N)Cc2ccc(F)c(F)c2)CCCC(C)C1. The van der Waals surface area contributed by atoms with E-state index in [0.29, 0.717) is 18.9 Å². The van der Waals surface area contributed by atoms with Crippen LogP contribution in [-0.2, 0) is 11.2 Å². The maximum absolute atomic E-state index is 13.3. The molecule has 0 radical (unpaired) electrons. The summed E-state index contributed by atoms with van der Waals surface area (Å²) in [6.07, 6.45) is 4.69. The molecule has 21 heavy (non-hydrogen) atoms. The van der Waals surface area contributed by atoms with Crippen molar-refractivity contribution in [2.45, 2.75) is 57.6 Å². The molecule has 0 saturated heterocycles. The molecule has 0 amide bonds. The molecule has 118 valence electrons. The van der Waals surface area contributed by atoms with Gasteiger partial charge in [0.1, 0.15) is 0 Å². The van der Waals surface area contributed by atoms with Crippen molar-refractivity contribution in [3.63, 3.8) is 0 Å². The molecule has 0 spiro atoms. The van der Waals surface area contributed by atoms with Crippen LogP contribution in [0.3, 0.4) is 0 Å². The molecule has 2 N–H and O–H groups in total. The predicted molar refractivity (Wildman–Crippen MR) is 80.0 cm³/mol. The van der Waals surface area contributed by atoms with Gasteiger partial charge >= 0.3 is 0 Å². The van der Waals surface area contributed by atoms with Crippen LogP contribution < -0.4 is 5.73 Å². The normalized spacial score (nSPS) is 27.6. The van der Waals surface area contributed by atoms with E-state index in [9.17, 15) is 8.78 Å². The minimum atomic E-state index is -0.821. The van der Waals surface area contributed by atoms with Crippen molar-refractivity contribution in [3.05, 3.63) is 35.4 Å². The maximum Gasteiger partial charge on any atom is 0.159 e. The van der Waals surface area contributed by atoms with E-state index in [1.165, 1.54) is 12.5 Å². The van der Waals surface area contributed by atoms with E-state index >= 15 is 0 Å². The molecule has 1 aliphatic carbocycles. The van der Waals surface area contributed by atoms with Crippen molar-refractivity contribution >= 4 is 0 Å². The predicted octanol–water partition coefficient (Wildman–Crippen LogP) is 3.82. The molecule has 1 aliphatic rings. The third-order valence-corrected chi connectivity index (χ3v) is 4.54. The molecule has 0 heterocycles. The van der Waals surface area contributed by atoms with E-state index < -0.39 is 11.6 Å². The van der Waals surface area contributed by atoms with E-state index in [2.05, 4.69) is 6.92 Å². The molecule has 0 aliphatic heterocycles. The van der Waals surface area contributed by atoms with Crippen LogP contribution in [0.1, 0.15) is 45.1 Å². The first-order valence-corrected chi connectivity index (χ1v) is 7.80. The third-order valence-electron chi connectivity index (χ3n) is 4.54.